The van der Waals surface area contributed by atoms with Crippen molar-refractivity contribution in [3.05, 3.63) is 0 Å². The quantitative estimate of drug-likeness (QED) is 0.312. The van der Waals surface area contributed by atoms with Crippen LogP contribution in [0.2, 0.25) is 0 Å². The lowest BCUT2D eigenvalue weighted by Crippen LogP contribution is -2.30. The van der Waals surface area contributed by atoms with E-state index < -0.39 is 12.5 Å². The smallest absolute Gasteiger partial charge is 0.298 e. The third kappa shape index (κ3) is 5.48. The van der Waals surface area contributed by atoms with E-state index in [2.05, 4.69) is 10.2 Å². The van der Waals surface area contributed by atoms with Crippen molar-refractivity contribution in [1.29, 1.82) is 0 Å². The molecule has 0 fully saturated rings. The number of hydrogen-bond donors (Lipinski definition) is 3. The Morgan fingerprint density at radius 3 is 2.00 bits per heavy atom. The fourth-order valence-electron chi connectivity index (χ4n) is 0.166. The molecule has 0 rings (SSSR count). The van der Waals surface area contributed by atoms with Crippen molar-refractivity contribution >= 4 is 0 Å². The van der Waals surface area contributed by atoms with Gasteiger partial charge in [-0.25, -0.2) is 0 Å². The van der Waals surface area contributed by atoms with Gasteiger partial charge in [0.05, 0.1) is 0 Å². The Morgan fingerprint density at radius 1 is 1.38 bits per heavy atom. The Hall–Kier alpha value is -0.520. The minimum absolute atomic E-state index is 0.510. The van der Waals surface area contributed by atoms with Crippen molar-refractivity contribution in [1.82, 2.24) is 0 Å². The van der Waals surface area contributed by atoms with Crippen LogP contribution in [-0.2, 0) is 0 Å². The molecule has 0 atom stereocenters. The zero-order chi connectivity index (χ0) is 6.62. The fourth-order valence-corrected chi connectivity index (χ4v) is 0.166. The molecule has 5 nitrogen and oxygen atoms in total. The average molecular weight is 120 g/mol. The molecule has 0 aliphatic rings. The van der Waals surface area contributed by atoms with Crippen molar-refractivity contribution in [2.75, 3.05) is 13.6 Å². The van der Waals surface area contributed by atoms with E-state index in [1.54, 1.807) is 0 Å². The molecule has 0 saturated carbocycles. The first-order valence-electron chi connectivity index (χ1n) is 1.99. The maximum Gasteiger partial charge on any atom is 0.298 e. The largest absolute Gasteiger partial charge is 0.342 e. The molecule has 0 aromatic carbocycles. The van der Waals surface area contributed by atoms with Crippen molar-refractivity contribution in [3.63, 3.8) is 0 Å². The maximum absolute atomic E-state index is 8.11. The Balaban J connectivity index is 3.39. The Kier molecular flexibility index (Phi) is 2.53. The molecule has 48 valence electrons. The normalized spacial score (nSPS) is 13.0. The first-order valence-corrected chi connectivity index (χ1v) is 1.99. The summed E-state index contributed by atoms with van der Waals surface area (Å²) in [6, 6.07) is 0. The highest BCUT2D eigenvalue weighted by molar-refractivity contribution is 4.46. The van der Waals surface area contributed by atoms with Crippen LogP contribution in [0.1, 0.15) is 0 Å². The number of rotatable bonds is 2. The highest BCUT2D eigenvalue weighted by atomic mass is 16.7. The van der Waals surface area contributed by atoms with Crippen LogP contribution in [0.4, 0.5) is 0 Å². The SMILES string of the molecule is CN=NCC(O)(O)O. The van der Waals surface area contributed by atoms with Crippen LogP contribution in [0, 0.1) is 0 Å². The summed E-state index contributed by atoms with van der Waals surface area (Å²) in [5.41, 5.74) is 0. The molecule has 0 aliphatic heterocycles. The molecule has 0 aliphatic carbocycles. The maximum atomic E-state index is 8.11. The lowest BCUT2D eigenvalue weighted by Gasteiger charge is -2.07. The minimum atomic E-state index is -2.71. The standard InChI is InChI=1S/C3H8N2O3/c1-4-5-2-3(6,7)8/h6-8H,2H2,1H3. The number of hydrogen-bond acceptors (Lipinski definition) is 5. The molecule has 3 N–H and O–H groups in total. The second kappa shape index (κ2) is 2.71. The van der Waals surface area contributed by atoms with Crippen LogP contribution in [0.5, 0.6) is 0 Å². The highest BCUT2D eigenvalue weighted by Gasteiger charge is 2.16. The van der Waals surface area contributed by atoms with Crippen LogP contribution in [0.15, 0.2) is 10.2 Å². The van der Waals surface area contributed by atoms with E-state index in [-0.39, 0.29) is 0 Å². The summed E-state index contributed by atoms with van der Waals surface area (Å²) in [6.07, 6.45) is 0. The van der Waals surface area contributed by atoms with Crippen LogP contribution < -0.4 is 0 Å². The van der Waals surface area contributed by atoms with Crippen LogP contribution >= 0.6 is 0 Å². The molecule has 0 aromatic rings. The highest BCUT2D eigenvalue weighted by Crippen LogP contribution is 1.91. The van der Waals surface area contributed by atoms with E-state index in [0.717, 1.165) is 0 Å². The average Bonchev–Trinajstić information content (AvgIpc) is 1.59. The predicted octanol–water partition coefficient (Wildman–Crippen LogP) is -1.30. The molecule has 8 heavy (non-hydrogen) atoms. The van der Waals surface area contributed by atoms with Gasteiger partial charge >= 0.3 is 0 Å². The van der Waals surface area contributed by atoms with Crippen LogP contribution in [-0.4, -0.2) is 34.9 Å². The fraction of sp³-hybridized carbons (Fsp3) is 1.00. The van der Waals surface area contributed by atoms with E-state index in [9.17, 15) is 0 Å². The van der Waals surface area contributed by atoms with E-state index in [0.29, 0.717) is 0 Å². The molecule has 0 amide bonds. The van der Waals surface area contributed by atoms with Crippen molar-refractivity contribution in [2.45, 2.75) is 5.97 Å². The molecule has 0 saturated heterocycles. The summed E-state index contributed by atoms with van der Waals surface area (Å²) in [5, 5.41) is 30.6. The Labute approximate surface area is 46.3 Å². The molecule has 0 bridgehead atoms. The first-order chi connectivity index (χ1) is 3.56. The second-order valence-corrected chi connectivity index (χ2v) is 1.27. The summed E-state index contributed by atoms with van der Waals surface area (Å²) in [6.45, 7) is -0.510. The molecule has 0 heterocycles. The van der Waals surface area contributed by atoms with Gasteiger partial charge in [0.1, 0.15) is 6.54 Å². The van der Waals surface area contributed by atoms with Crippen molar-refractivity contribution in [3.8, 4) is 0 Å². The van der Waals surface area contributed by atoms with Gasteiger partial charge in [-0.15, -0.1) is 0 Å². The van der Waals surface area contributed by atoms with Gasteiger partial charge in [-0.1, -0.05) is 0 Å². The number of aliphatic hydroxyl groups is 3. The van der Waals surface area contributed by atoms with Gasteiger partial charge in [0.25, 0.3) is 5.97 Å². The van der Waals surface area contributed by atoms with Gasteiger partial charge in [-0.2, -0.15) is 10.2 Å². The molecule has 0 radical (unpaired) electrons. The summed E-state index contributed by atoms with van der Waals surface area (Å²) in [5.74, 6) is -2.71. The number of nitrogens with zero attached hydrogens (tertiary/aromatic N) is 2. The van der Waals surface area contributed by atoms with Gasteiger partial charge < -0.3 is 15.3 Å². The van der Waals surface area contributed by atoms with Gasteiger partial charge in [0.2, 0.25) is 0 Å². The van der Waals surface area contributed by atoms with E-state index >= 15 is 0 Å². The number of azo groups is 1. The molecule has 0 unspecified atom stereocenters. The summed E-state index contributed by atoms with van der Waals surface area (Å²) in [7, 11) is 1.37. The van der Waals surface area contributed by atoms with Crippen molar-refractivity contribution in [2.24, 2.45) is 10.2 Å². The zero-order valence-electron chi connectivity index (χ0n) is 4.44. The van der Waals surface area contributed by atoms with Crippen molar-refractivity contribution < 1.29 is 15.3 Å². The van der Waals surface area contributed by atoms with Crippen LogP contribution in [0.25, 0.3) is 0 Å². The van der Waals surface area contributed by atoms with Gasteiger partial charge in [0.15, 0.2) is 0 Å². The molecule has 5 heteroatoms. The molecular weight excluding hydrogens is 112 g/mol. The van der Waals surface area contributed by atoms with Gasteiger partial charge in [-0.3, -0.25) is 0 Å². The minimum Gasteiger partial charge on any atom is -0.342 e. The Morgan fingerprint density at radius 2 is 1.88 bits per heavy atom. The third-order valence-corrected chi connectivity index (χ3v) is 0.424. The second-order valence-electron chi connectivity index (χ2n) is 1.27. The van der Waals surface area contributed by atoms with Crippen LogP contribution in [0.3, 0.4) is 0 Å². The lowest BCUT2D eigenvalue weighted by atomic mass is 10.6. The molecule has 0 aromatic heterocycles. The van der Waals surface area contributed by atoms with E-state index in [1.807, 2.05) is 0 Å². The third-order valence-electron chi connectivity index (χ3n) is 0.424. The Bertz CT molecular complexity index is 85.0. The molecular formula is C3H8N2O3. The monoisotopic (exact) mass is 120 g/mol. The molecule has 0 spiro atoms. The summed E-state index contributed by atoms with van der Waals surface area (Å²) < 4.78 is 0. The summed E-state index contributed by atoms with van der Waals surface area (Å²) in [4.78, 5) is 0. The van der Waals surface area contributed by atoms with Gasteiger partial charge in [0, 0.05) is 7.05 Å². The topological polar surface area (TPSA) is 85.4 Å². The van der Waals surface area contributed by atoms with E-state index in [1.165, 1.54) is 7.05 Å². The summed E-state index contributed by atoms with van der Waals surface area (Å²) >= 11 is 0. The zero-order valence-corrected chi connectivity index (χ0v) is 4.44. The van der Waals surface area contributed by atoms with Gasteiger partial charge in [-0.05, 0) is 0 Å². The van der Waals surface area contributed by atoms with E-state index in [4.69, 9.17) is 15.3 Å². The first kappa shape index (κ1) is 7.48. The lowest BCUT2D eigenvalue weighted by molar-refractivity contribution is -0.302. The predicted molar refractivity (Wildman–Crippen MR) is 25.0 cm³/mol.